The molecule has 3 aliphatic rings. The zero-order chi connectivity index (χ0) is 25.6. The predicted octanol–water partition coefficient (Wildman–Crippen LogP) is 5.05. The molecule has 5 heteroatoms. The van der Waals surface area contributed by atoms with E-state index in [1.165, 1.54) is 30.4 Å². The van der Waals surface area contributed by atoms with Gasteiger partial charge in [0.1, 0.15) is 6.04 Å². The Morgan fingerprint density at radius 2 is 1.59 bits per heavy atom. The topological polar surface area (TPSA) is 64.0 Å². The number of likely N-dealkylation sites (tertiary alicyclic amines) is 2. The first-order valence-corrected chi connectivity index (χ1v) is 14.5. The van der Waals surface area contributed by atoms with Gasteiger partial charge >= 0.3 is 5.97 Å². The largest absolute Gasteiger partial charge is 0.480 e. The molecule has 1 saturated carbocycles. The van der Waals surface area contributed by atoms with Crippen molar-refractivity contribution in [1.29, 1.82) is 0 Å². The summed E-state index contributed by atoms with van der Waals surface area (Å²) in [6, 6.07) is 20.8. The van der Waals surface area contributed by atoms with Crippen molar-refractivity contribution in [2.75, 3.05) is 32.7 Å². The second-order valence-corrected chi connectivity index (χ2v) is 11.8. The van der Waals surface area contributed by atoms with Gasteiger partial charge in [0, 0.05) is 25.6 Å². The highest BCUT2D eigenvalue weighted by molar-refractivity contribution is 5.73. The number of aliphatic carboxylic acids is 1. The van der Waals surface area contributed by atoms with E-state index in [-0.39, 0.29) is 12.1 Å². The molecule has 37 heavy (non-hydrogen) atoms. The predicted molar refractivity (Wildman–Crippen MR) is 148 cm³/mol. The molecule has 0 amide bonds. The van der Waals surface area contributed by atoms with E-state index in [9.17, 15) is 15.0 Å². The first-order valence-electron chi connectivity index (χ1n) is 14.5. The van der Waals surface area contributed by atoms with Crippen LogP contribution in [0.3, 0.4) is 0 Å². The number of aryl methyl sites for hydroxylation is 1. The highest BCUT2D eigenvalue weighted by Crippen LogP contribution is 2.38. The van der Waals surface area contributed by atoms with Crippen molar-refractivity contribution in [3.8, 4) is 0 Å². The second-order valence-electron chi connectivity index (χ2n) is 11.8. The number of aliphatic hydroxyl groups is 1. The highest BCUT2D eigenvalue weighted by Gasteiger charge is 2.41. The number of aliphatic hydroxyl groups excluding tert-OH is 1. The van der Waals surface area contributed by atoms with Crippen LogP contribution in [0.15, 0.2) is 60.7 Å². The van der Waals surface area contributed by atoms with Gasteiger partial charge in [0.2, 0.25) is 0 Å². The number of carboxylic acid groups (broad SMARTS) is 1. The van der Waals surface area contributed by atoms with E-state index in [4.69, 9.17) is 0 Å². The lowest BCUT2D eigenvalue weighted by atomic mass is 9.80. The highest BCUT2D eigenvalue weighted by atomic mass is 16.4. The molecule has 0 radical (unpaired) electrons. The molecule has 0 spiro atoms. The first-order chi connectivity index (χ1) is 18.1. The fourth-order valence-corrected chi connectivity index (χ4v) is 6.92. The molecule has 0 bridgehead atoms. The van der Waals surface area contributed by atoms with E-state index in [1.54, 1.807) is 0 Å². The summed E-state index contributed by atoms with van der Waals surface area (Å²) >= 11 is 0. The van der Waals surface area contributed by atoms with Gasteiger partial charge in [-0.2, -0.15) is 0 Å². The number of benzene rings is 2. The van der Waals surface area contributed by atoms with E-state index in [0.29, 0.717) is 23.7 Å². The molecule has 0 aromatic heterocycles. The maximum Gasteiger partial charge on any atom is 0.320 e. The molecule has 2 saturated heterocycles. The third kappa shape index (κ3) is 6.81. The van der Waals surface area contributed by atoms with Crippen LogP contribution in [0.1, 0.15) is 62.0 Å². The minimum atomic E-state index is -0.648. The molecule has 2 heterocycles. The average molecular weight is 505 g/mol. The van der Waals surface area contributed by atoms with Gasteiger partial charge in [-0.25, -0.2) is 0 Å². The summed E-state index contributed by atoms with van der Waals surface area (Å²) in [7, 11) is 0. The average Bonchev–Trinajstić information content (AvgIpc) is 3.31. The minimum Gasteiger partial charge on any atom is -0.480 e. The van der Waals surface area contributed by atoms with Crippen LogP contribution in [0, 0.1) is 17.8 Å². The number of hydrogen-bond donors (Lipinski definition) is 2. The van der Waals surface area contributed by atoms with Crippen molar-refractivity contribution < 1.29 is 15.0 Å². The molecule has 2 aromatic rings. The molecule has 200 valence electrons. The Hall–Kier alpha value is -2.21. The maximum atomic E-state index is 12.3. The van der Waals surface area contributed by atoms with Crippen molar-refractivity contribution >= 4 is 5.97 Å². The minimum absolute atomic E-state index is 0.232. The summed E-state index contributed by atoms with van der Waals surface area (Å²) in [6.45, 7) is 4.76. The quantitative estimate of drug-likeness (QED) is 0.448. The van der Waals surface area contributed by atoms with Crippen molar-refractivity contribution in [2.24, 2.45) is 17.8 Å². The molecule has 2 aliphatic heterocycles. The Morgan fingerprint density at radius 3 is 2.22 bits per heavy atom. The zero-order valence-electron chi connectivity index (χ0n) is 22.1. The Kier molecular flexibility index (Phi) is 8.96. The Balaban J connectivity index is 1.17. The smallest absolute Gasteiger partial charge is 0.320 e. The second kappa shape index (κ2) is 12.6. The molecule has 5 rings (SSSR count). The van der Waals surface area contributed by atoms with Crippen LogP contribution >= 0.6 is 0 Å². The van der Waals surface area contributed by atoms with Crippen molar-refractivity contribution in [3.63, 3.8) is 0 Å². The summed E-state index contributed by atoms with van der Waals surface area (Å²) in [5.74, 6) is 1.12. The summed E-state index contributed by atoms with van der Waals surface area (Å²) in [5.41, 5.74) is 2.64. The van der Waals surface area contributed by atoms with Gasteiger partial charge in [0.15, 0.2) is 0 Å². The Bertz CT molecular complexity index is 972. The monoisotopic (exact) mass is 504 g/mol. The lowest BCUT2D eigenvalue weighted by molar-refractivity contribution is -0.144. The van der Waals surface area contributed by atoms with Crippen LogP contribution < -0.4 is 0 Å². The SMILES string of the molecule is O=C(O)[C@@H](CC1CCC1)N1C[C@H](CN2CCC(C(O)CCc3ccccc3)CC2)[C@@H](c2ccccc2)C1. The van der Waals surface area contributed by atoms with Gasteiger partial charge < -0.3 is 15.1 Å². The van der Waals surface area contributed by atoms with Gasteiger partial charge in [-0.3, -0.25) is 9.69 Å². The molecule has 5 nitrogen and oxygen atoms in total. The van der Waals surface area contributed by atoms with Gasteiger partial charge in [-0.15, -0.1) is 0 Å². The van der Waals surface area contributed by atoms with E-state index in [2.05, 4.69) is 64.4 Å². The number of carboxylic acids is 1. The summed E-state index contributed by atoms with van der Waals surface area (Å²) in [6.07, 6.45) is 8.06. The normalized spacial score (nSPS) is 25.5. The first kappa shape index (κ1) is 26.4. The maximum absolute atomic E-state index is 12.3. The Morgan fingerprint density at radius 1 is 0.919 bits per heavy atom. The van der Waals surface area contributed by atoms with Crippen LogP contribution in [0.4, 0.5) is 0 Å². The summed E-state index contributed by atoms with van der Waals surface area (Å²) in [5, 5.41) is 20.9. The molecule has 1 unspecified atom stereocenters. The van der Waals surface area contributed by atoms with Crippen LogP contribution in [-0.4, -0.2) is 70.9 Å². The fraction of sp³-hybridized carbons (Fsp3) is 0.594. The van der Waals surface area contributed by atoms with Gasteiger partial charge in [0.05, 0.1) is 6.10 Å². The van der Waals surface area contributed by atoms with Crippen LogP contribution in [0.25, 0.3) is 0 Å². The lowest BCUT2D eigenvalue weighted by Crippen LogP contribution is -2.43. The molecular formula is C32H44N2O3. The lowest BCUT2D eigenvalue weighted by Gasteiger charge is -2.36. The summed E-state index contributed by atoms with van der Waals surface area (Å²) in [4.78, 5) is 17.1. The van der Waals surface area contributed by atoms with E-state index in [1.807, 2.05) is 6.07 Å². The zero-order valence-corrected chi connectivity index (χ0v) is 22.1. The number of carbonyl (C=O) groups is 1. The van der Waals surface area contributed by atoms with Crippen LogP contribution in [-0.2, 0) is 11.2 Å². The van der Waals surface area contributed by atoms with E-state index < -0.39 is 5.97 Å². The molecule has 4 atom stereocenters. The number of nitrogens with zero attached hydrogens (tertiary/aromatic N) is 2. The number of rotatable bonds is 11. The van der Waals surface area contributed by atoms with Crippen LogP contribution in [0.5, 0.6) is 0 Å². The molecule has 3 fully saturated rings. The standard InChI is InChI=1S/C32H44N2O3/c35-31(15-14-24-8-3-1-4-9-24)27-16-18-33(19-17-27)21-28-22-34(23-29(28)26-12-5-2-6-13-26)30(32(36)37)20-25-10-7-11-25/h1-6,8-9,12-13,25,27-31,35H,7,10-11,14-23H2,(H,36,37)/t28-,29+,30+,31?/m0/s1. The third-order valence-corrected chi connectivity index (χ3v) is 9.44. The number of piperidine rings is 1. The third-order valence-electron chi connectivity index (χ3n) is 9.44. The summed E-state index contributed by atoms with van der Waals surface area (Å²) < 4.78 is 0. The van der Waals surface area contributed by atoms with E-state index in [0.717, 1.165) is 64.8 Å². The van der Waals surface area contributed by atoms with Crippen molar-refractivity contribution in [2.45, 2.75) is 69.4 Å². The number of hydrogen-bond acceptors (Lipinski definition) is 4. The molecule has 2 aromatic carbocycles. The van der Waals surface area contributed by atoms with Crippen molar-refractivity contribution in [1.82, 2.24) is 9.80 Å². The van der Waals surface area contributed by atoms with E-state index >= 15 is 0 Å². The van der Waals surface area contributed by atoms with Gasteiger partial charge in [-0.05, 0) is 74.1 Å². The van der Waals surface area contributed by atoms with Gasteiger partial charge in [0.25, 0.3) is 0 Å². The van der Waals surface area contributed by atoms with Crippen molar-refractivity contribution in [3.05, 3.63) is 71.8 Å². The Labute approximate surface area is 222 Å². The fourth-order valence-electron chi connectivity index (χ4n) is 6.92. The van der Waals surface area contributed by atoms with Crippen LogP contribution in [0.2, 0.25) is 0 Å². The van der Waals surface area contributed by atoms with Gasteiger partial charge in [-0.1, -0.05) is 79.9 Å². The molecular weight excluding hydrogens is 460 g/mol. The molecule has 1 aliphatic carbocycles. The molecule has 2 N–H and O–H groups in total.